The second-order valence-corrected chi connectivity index (χ2v) is 5.37. The van der Waals surface area contributed by atoms with E-state index in [0.29, 0.717) is 24.5 Å². The molecule has 1 N–H and O–H groups in total. The van der Waals surface area contributed by atoms with E-state index in [9.17, 15) is 4.79 Å². The van der Waals surface area contributed by atoms with E-state index in [-0.39, 0.29) is 5.91 Å². The molecule has 0 unspecified atom stereocenters. The van der Waals surface area contributed by atoms with Gasteiger partial charge in [0, 0.05) is 23.8 Å². The van der Waals surface area contributed by atoms with E-state index in [1.807, 2.05) is 19.1 Å². The summed E-state index contributed by atoms with van der Waals surface area (Å²) in [5, 5.41) is 4.58. The molecule has 6 heteroatoms. The number of nitrogens with one attached hydrogen (secondary N) is 1. The number of aromatic nitrogens is 1. The Balaban J connectivity index is 1.66. The van der Waals surface area contributed by atoms with Crippen LogP contribution in [-0.4, -0.2) is 23.7 Å². The minimum Gasteiger partial charge on any atom is -0.493 e. The van der Waals surface area contributed by atoms with E-state index in [0.717, 1.165) is 16.9 Å². The maximum absolute atomic E-state index is 11.6. The third-order valence-electron chi connectivity index (χ3n) is 3.05. The maximum Gasteiger partial charge on any atom is 0.240 e. The zero-order valence-corrected chi connectivity index (χ0v) is 13.6. The highest BCUT2D eigenvalue weighted by molar-refractivity contribution is 6.30. The van der Waals surface area contributed by atoms with E-state index in [2.05, 4.69) is 15.5 Å². The highest BCUT2D eigenvalue weighted by Crippen LogP contribution is 2.21. The summed E-state index contributed by atoms with van der Waals surface area (Å²) >= 11 is 5.89. The van der Waals surface area contributed by atoms with Gasteiger partial charge in [0.25, 0.3) is 0 Å². The molecule has 120 valence electrons. The molecule has 0 atom stereocenters. The third kappa shape index (κ3) is 6.08. The van der Waals surface area contributed by atoms with Gasteiger partial charge in [-0.25, -0.2) is 5.43 Å². The average Bonchev–Trinajstić information content (AvgIpc) is 2.54. The molecule has 0 spiro atoms. The summed E-state index contributed by atoms with van der Waals surface area (Å²) in [6.07, 6.45) is 5.87. The highest BCUT2D eigenvalue weighted by atomic mass is 35.5. The minimum atomic E-state index is -0.147. The van der Waals surface area contributed by atoms with Crippen molar-refractivity contribution in [3.63, 3.8) is 0 Å². The number of rotatable bonds is 7. The molecule has 0 aliphatic carbocycles. The van der Waals surface area contributed by atoms with Crippen molar-refractivity contribution < 1.29 is 9.53 Å². The van der Waals surface area contributed by atoms with Crippen molar-refractivity contribution in [2.75, 3.05) is 6.61 Å². The molecule has 0 radical (unpaired) electrons. The van der Waals surface area contributed by atoms with Crippen LogP contribution in [0.25, 0.3) is 0 Å². The van der Waals surface area contributed by atoms with Crippen molar-refractivity contribution in [1.82, 2.24) is 10.4 Å². The molecule has 2 rings (SSSR count). The van der Waals surface area contributed by atoms with Crippen LogP contribution in [0, 0.1) is 6.92 Å². The number of hydrazone groups is 1. The van der Waals surface area contributed by atoms with Gasteiger partial charge < -0.3 is 4.74 Å². The first-order valence-corrected chi connectivity index (χ1v) is 7.64. The van der Waals surface area contributed by atoms with Gasteiger partial charge in [-0.15, -0.1) is 0 Å². The number of pyridine rings is 1. The lowest BCUT2D eigenvalue weighted by Crippen LogP contribution is -2.18. The smallest absolute Gasteiger partial charge is 0.240 e. The van der Waals surface area contributed by atoms with Crippen LogP contribution in [0.15, 0.2) is 47.8 Å². The Morgan fingerprint density at radius 1 is 1.35 bits per heavy atom. The number of carbonyl (C=O) groups is 1. The molecule has 0 saturated carbocycles. The molecule has 1 aromatic heterocycles. The number of nitrogens with zero attached hydrogens (tertiary/aromatic N) is 2. The van der Waals surface area contributed by atoms with E-state index < -0.39 is 0 Å². The second-order valence-electron chi connectivity index (χ2n) is 4.94. The topological polar surface area (TPSA) is 63.6 Å². The van der Waals surface area contributed by atoms with E-state index >= 15 is 0 Å². The number of hydrogen-bond donors (Lipinski definition) is 1. The number of carbonyl (C=O) groups excluding carboxylic acids is 1. The van der Waals surface area contributed by atoms with E-state index in [4.69, 9.17) is 16.3 Å². The highest BCUT2D eigenvalue weighted by Gasteiger charge is 2.02. The molecule has 5 nitrogen and oxygen atoms in total. The summed E-state index contributed by atoms with van der Waals surface area (Å²) in [5.74, 6) is 0.636. The zero-order valence-electron chi connectivity index (χ0n) is 12.8. The van der Waals surface area contributed by atoms with Gasteiger partial charge in [0.1, 0.15) is 5.75 Å². The van der Waals surface area contributed by atoms with Crippen LogP contribution in [0.5, 0.6) is 5.75 Å². The van der Waals surface area contributed by atoms with Crippen LogP contribution in [0.1, 0.15) is 24.0 Å². The number of benzene rings is 1. The van der Waals surface area contributed by atoms with Crippen LogP contribution in [0.2, 0.25) is 5.02 Å². The summed E-state index contributed by atoms with van der Waals surface area (Å²) in [6, 6.07) is 9.06. The Kier molecular flexibility index (Phi) is 6.56. The van der Waals surface area contributed by atoms with Crippen LogP contribution < -0.4 is 10.2 Å². The molecule has 0 aliphatic rings. The SMILES string of the molecule is Cc1cc(Cl)ccc1OCCCC(=O)N/N=C/c1ccncc1. The van der Waals surface area contributed by atoms with Crippen molar-refractivity contribution in [3.05, 3.63) is 58.9 Å². The van der Waals surface area contributed by atoms with Crippen LogP contribution >= 0.6 is 11.6 Å². The van der Waals surface area contributed by atoms with Gasteiger partial charge in [-0.1, -0.05) is 11.6 Å². The van der Waals surface area contributed by atoms with Gasteiger partial charge in [0.2, 0.25) is 5.91 Å². The Bertz CT molecular complexity index is 675. The standard InChI is InChI=1S/C17H18ClN3O2/c1-13-11-15(18)4-5-16(13)23-10-2-3-17(22)21-20-12-14-6-8-19-9-7-14/h4-9,11-12H,2-3,10H2,1H3,(H,21,22)/b20-12+. The van der Waals surface area contributed by atoms with Crippen molar-refractivity contribution in [3.8, 4) is 5.75 Å². The summed E-state index contributed by atoms with van der Waals surface area (Å²) in [5.41, 5.74) is 4.34. The number of aryl methyl sites for hydroxylation is 1. The van der Waals surface area contributed by atoms with Crippen LogP contribution in [-0.2, 0) is 4.79 Å². The van der Waals surface area contributed by atoms with Crippen LogP contribution in [0.3, 0.4) is 0 Å². The molecule has 0 saturated heterocycles. The third-order valence-corrected chi connectivity index (χ3v) is 3.29. The lowest BCUT2D eigenvalue weighted by molar-refractivity contribution is -0.121. The fourth-order valence-corrected chi connectivity index (χ4v) is 2.10. The van der Waals surface area contributed by atoms with Gasteiger partial charge in [0.05, 0.1) is 12.8 Å². The minimum absolute atomic E-state index is 0.147. The molecule has 1 heterocycles. The summed E-state index contributed by atoms with van der Waals surface area (Å²) in [4.78, 5) is 15.6. The molecule has 2 aromatic rings. The molecule has 0 bridgehead atoms. The zero-order chi connectivity index (χ0) is 16.5. The van der Waals surface area contributed by atoms with Crippen molar-refractivity contribution >= 4 is 23.7 Å². The summed E-state index contributed by atoms with van der Waals surface area (Å²) in [6.45, 7) is 2.39. The number of amides is 1. The second kappa shape index (κ2) is 8.90. The Labute approximate surface area is 140 Å². The average molecular weight is 332 g/mol. The first-order valence-electron chi connectivity index (χ1n) is 7.26. The fourth-order valence-electron chi connectivity index (χ4n) is 1.87. The molecule has 0 aliphatic heterocycles. The van der Waals surface area contributed by atoms with Gasteiger partial charge in [-0.2, -0.15) is 5.10 Å². The normalized spacial score (nSPS) is 10.7. The predicted octanol–water partition coefficient (Wildman–Crippen LogP) is 3.35. The lowest BCUT2D eigenvalue weighted by atomic mass is 10.2. The quantitative estimate of drug-likeness (QED) is 0.480. The van der Waals surface area contributed by atoms with Gasteiger partial charge in [-0.3, -0.25) is 9.78 Å². The molecule has 23 heavy (non-hydrogen) atoms. The summed E-state index contributed by atoms with van der Waals surface area (Å²) < 4.78 is 5.63. The molecular weight excluding hydrogens is 314 g/mol. The van der Waals surface area contributed by atoms with Crippen molar-refractivity contribution in [2.45, 2.75) is 19.8 Å². The maximum atomic E-state index is 11.6. The first kappa shape index (κ1) is 17.0. The van der Waals surface area contributed by atoms with Gasteiger partial charge in [-0.05, 0) is 54.8 Å². The predicted molar refractivity (Wildman–Crippen MR) is 90.9 cm³/mol. The molecule has 0 fully saturated rings. The van der Waals surface area contributed by atoms with Gasteiger partial charge in [0.15, 0.2) is 0 Å². The lowest BCUT2D eigenvalue weighted by Gasteiger charge is -2.08. The summed E-state index contributed by atoms with van der Waals surface area (Å²) in [7, 11) is 0. The van der Waals surface area contributed by atoms with E-state index in [1.165, 1.54) is 0 Å². The Morgan fingerprint density at radius 2 is 2.13 bits per heavy atom. The fraction of sp³-hybridized carbons (Fsp3) is 0.235. The van der Waals surface area contributed by atoms with Crippen molar-refractivity contribution in [1.29, 1.82) is 0 Å². The molecular formula is C17H18ClN3O2. The number of ether oxygens (including phenoxy) is 1. The Hall–Kier alpha value is -2.40. The van der Waals surface area contributed by atoms with Crippen molar-refractivity contribution in [2.24, 2.45) is 5.10 Å². The van der Waals surface area contributed by atoms with Gasteiger partial charge >= 0.3 is 0 Å². The van der Waals surface area contributed by atoms with E-state index in [1.54, 1.807) is 36.8 Å². The first-order chi connectivity index (χ1) is 11.1. The largest absolute Gasteiger partial charge is 0.493 e. The van der Waals surface area contributed by atoms with Crippen LogP contribution in [0.4, 0.5) is 0 Å². The number of halogens is 1. The number of hydrogen-bond acceptors (Lipinski definition) is 4. The monoisotopic (exact) mass is 331 g/mol. The molecule has 1 aromatic carbocycles. The Morgan fingerprint density at radius 3 is 2.87 bits per heavy atom. The molecule has 1 amide bonds.